The van der Waals surface area contributed by atoms with Crippen molar-refractivity contribution in [2.45, 2.75) is 6.42 Å². The first-order valence-electron chi connectivity index (χ1n) is 6.67. The van der Waals surface area contributed by atoms with Gasteiger partial charge in [0.2, 0.25) is 5.91 Å². The van der Waals surface area contributed by atoms with E-state index in [-0.39, 0.29) is 12.3 Å². The van der Waals surface area contributed by atoms with Crippen molar-refractivity contribution >= 4 is 34.8 Å². The van der Waals surface area contributed by atoms with E-state index >= 15 is 0 Å². The van der Waals surface area contributed by atoms with E-state index in [0.717, 1.165) is 0 Å². The van der Waals surface area contributed by atoms with Gasteiger partial charge in [0.05, 0.1) is 12.1 Å². The molecule has 0 radical (unpaired) electrons. The summed E-state index contributed by atoms with van der Waals surface area (Å²) in [5, 5.41) is 7.81. The van der Waals surface area contributed by atoms with E-state index in [1.807, 2.05) is 0 Å². The van der Waals surface area contributed by atoms with Crippen LogP contribution in [0.25, 0.3) is 5.82 Å². The van der Waals surface area contributed by atoms with Gasteiger partial charge in [-0.2, -0.15) is 5.10 Å². The topological polar surface area (TPSA) is 72.7 Å². The third-order valence-electron chi connectivity index (χ3n) is 3.06. The van der Waals surface area contributed by atoms with E-state index in [1.165, 1.54) is 17.3 Å². The van der Waals surface area contributed by atoms with Crippen molar-refractivity contribution in [2.24, 2.45) is 0 Å². The van der Waals surface area contributed by atoms with Crippen LogP contribution < -0.4 is 5.32 Å². The van der Waals surface area contributed by atoms with Crippen molar-refractivity contribution in [3.63, 3.8) is 0 Å². The standard InChI is InChI=1S/C15H11Cl2N5O/c16-11-4-3-10(12(17)7-11)6-14(23)21-13-2-1-5-19-15(13)22-9-18-8-20-22/h1-5,7-9H,6H2,(H,21,23). The summed E-state index contributed by atoms with van der Waals surface area (Å²) in [6.07, 6.45) is 4.65. The maximum absolute atomic E-state index is 12.3. The van der Waals surface area contributed by atoms with Crippen molar-refractivity contribution in [2.75, 3.05) is 5.32 Å². The fourth-order valence-electron chi connectivity index (χ4n) is 2.03. The Kier molecular flexibility index (Phi) is 4.55. The lowest BCUT2D eigenvalue weighted by Gasteiger charge is -2.10. The van der Waals surface area contributed by atoms with Crippen molar-refractivity contribution in [1.82, 2.24) is 19.7 Å². The number of pyridine rings is 1. The second kappa shape index (κ2) is 6.76. The summed E-state index contributed by atoms with van der Waals surface area (Å²) in [6.45, 7) is 0. The minimum Gasteiger partial charge on any atom is -0.323 e. The van der Waals surface area contributed by atoms with Gasteiger partial charge in [0.1, 0.15) is 12.7 Å². The lowest BCUT2D eigenvalue weighted by Crippen LogP contribution is -2.17. The summed E-state index contributed by atoms with van der Waals surface area (Å²) in [7, 11) is 0. The Labute approximate surface area is 142 Å². The van der Waals surface area contributed by atoms with E-state index in [9.17, 15) is 4.79 Å². The normalized spacial score (nSPS) is 10.5. The van der Waals surface area contributed by atoms with E-state index in [0.29, 0.717) is 27.1 Å². The molecular weight excluding hydrogens is 337 g/mol. The molecule has 0 aliphatic rings. The first kappa shape index (κ1) is 15.5. The molecule has 3 aromatic rings. The molecule has 0 fully saturated rings. The summed E-state index contributed by atoms with van der Waals surface area (Å²) >= 11 is 11.9. The molecule has 2 aromatic heterocycles. The number of benzene rings is 1. The number of hydrogen-bond acceptors (Lipinski definition) is 4. The molecule has 1 N–H and O–H groups in total. The van der Waals surface area contributed by atoms with Gasteiger partial charge in [-0.15, -0.1) is 0 Å². The van der Waals surface area contributed by atoms with Crippen molar-refractivity contribution in [3.8, 4) is 5.82 Å². The Balaban J connectivity index is 1.78. The SMILES string of the molecule is O=C(Cc1ccc(Cl)cc1Cl)Nc1cccnc1-n1cncn1. The summed E-state index contributed by atoms with van der Waals surface area (Å²) < 4.78 is 1.48. The van der Waals surface area contributed by atoms with Crippen LogP contribution in [0.2, 0.25) is 10.0 Å². The highest BCUT2D eigenvalue weighted by Gasteiger charge is 2.12. The van der Waals surface area contributed by atoms with Gasteiger partial charge in [0, 0.05) is 16.2 Å². The summed E-state index contributed by atoms with van der Waals surface area (Å²) in [5.74, 6) is 0.268. The fraction of sp³-hybridized carbons (Fsp3) is 0.0667. The number of carbonyl (C=O) groups is 1. The largest absolute Gasteiger partial charge is 0.323 e. The minimum atomic E-state index is -0.219. The molecule has 1 amide bonds. The highest BCUT2D eigenvalue weighted by molar-refractivity contribution is 6.35. The van der Waals surface area contributed by atoms with E-state index in [1.54, 1.807) is 36.5 Å². The Bertz CT molecular complexity index is 836. The smallest absolute Gasteiger partial charge is 0.228 e. The maximum Gasteiger partial charge on any atom is 0.228 e. The van der Waals surface area contributed by atoms with Crippen LogP contribution in [0.4, 0.5) is 5.69 Å². The Morgan fingerprint density at radius 2 is 2.13 bits per heavy atom. The molecule has 0 saturated carbocycles. The average Bonchev–Trinajstić information content (AvgIpc) is 3.05. The molecule has 2 heterocycles. The molecule has 116 valence electrons. The van der Waals surface area contributed by atoms with Crippen LogP contribution in [-0.2, 0) is 11.2 Å². The van der Waals surface area contributed by atoms with E-state index in [4.69, 9.17) is 23.2 Å². The highest BCUT2D eigenvalue weighted by Crippen LogP contribution is 2.22. The summed E-state index contributed by atoms with van der Waals surface area (Å²) in [4.78, 5) is 20.4. The van der Waals surface area contributed by atoms with Crippen molar-refractivity contribution < 1.29 is 4.79 Å². The number of anilines is 1. The molecule has 6 nitrogen and oxygen atoms in total. The number of rotatable bonds is 4. The Morgan fingerprint density at radius 1 is 1.26 bits per heavy atom. The number of hydrogen-bond donors (Lipinski definition) is 1. The summed E-state index contributed by atoms with van der Waals surface area (Å²) in [6, 6.07) is 8.50. The molecule has 0 unspecified atom stereocenters. The van der Waals surface area contributed by atoms with E-state index < -0.39 is 0 Å². The zero-order valence-electron chi connectivity index (χ0n) is 11.8. The van der Waals surface area contributed by atoms with Crippen LogP contribution in [0.3, 0.4) is 0 Å². The monoisotopic (exact) mass is 347 g/mol. The number of carbonyl (C=O) groups excluding carboxylic acids is 1. The molecule has 0 aliphatic heterocycles. The highest BCUT2D eigenvalue weighted by atomic mass is 35.5. The third kappa shape index (κ3) is 3.67. The summed E-state index contributed by atoms with van der Waals surface area (Å²) in [5.41, 5.74) is 1.23. The molecule has 0 aliphatic carbocycles. The van der Waals surface area contributed by atoms with Crippen LogP contribution in [0.15, 0.2) is 49.2 Å². The van der Waals surface area contributed by atoms with Crippen LogP contribution in [0.1, 0.15) is 5.56 Å². The van der Waals surface area contributed by atoms with Gasteiger partial charge in [-0.25, -0.2) is 14.6 Å². The van der Waals surface area contributed by atoms with Gasteiger partial charge in [0.25, 0.3) is 0 Å². The zero-order chi connectivity index (χ0) is 16.2. The van der Waals surface area contributed by atoms with Gasteiger partial charge >= 0.3 is 0 Å². The lowest BCUT2D eigenvalue weighted by atomic mass is 10.1. The van der Waals surface area contributed by atoms with Crippen molar-refractivity contribution in [1.29, 1.82) is 0 Å². The first-order valence-corrected chi connectivity index (χ1v) is 7.43. The number of nitrogens with zero attached hydrogens (tertiary/aromatic N) is 4. The first-order chi connectivity index (χ1) is 11.1. The molecule has 0 spiro atoms. The number of amides is 1. The number of aromatic nitrogens is 4. The third-order valence-corrected chi connectivity index (χ3v) is 3.65. The molecular formula is C15H11Cl2N5O. The van der Waals surface area contributed by atoms with Crippen molar-refractivity contribution in [3.05, 3.63) is 64.8 Å². The fourth-order valence-corrected chi connectivity index (χ4v) is 2.50. The molecule has 0 bridgehead atoms. The molecule has 23 heavy (non-hydrogen) atoms. The second-order valence-corrected chi connectivity index (χ2v) is 5.52. The van der Waals surface area contributed by atoms with Gasteiger partial charge in [-0.05, 0) is 29.8 Å². The predicted molar refractivity (Wildman–Crippen MR) is 87.9 cm³/mol. The average molecular weight is 348 g/mol. The molecule has 0 saturated heterocycles. The van der Waals surface area contributed by atoms with Crippen LogP contribution in [-0.4, -0.2) is 25.7 Å². The zero-order valence-corrected chi connectivity index (χ0v) is 13.3. The second-order valence-electron chi connectivity index (χ2n) is 4.68. The number of nitrogens with one attached hydrogen (secondary N) is 1. The van der Waals surface area contributed by atoms with E-state index in [2.05, 4.69) is 20.4 Å². The van der Waals surface area contributed by atoms with Gasteiger partial charge in [-0.3, -0.25) is 4.79 Å². The molecule has 0 atom stereocenters. The van der Waals surface area contributed by atoms with Gasteiger partial charge in [0.15, 0.2) is 5.82 Å². The molecule has 3 rings (SSSR count). The number of halogens is 2. The Hall–Kier alpha value is -2.44. The minimum absolute atomic E-state index is 0.127. The van der Waals surface area contributed by atoms with Crippen LogP contribution in [0, 0.1) is 0 Å². The Morgan fingerprint density at radius 3 is 2.87 bits per heavy atom. The van der Waals surface area contributed by atoms with Crippen LogP contribution in [0.5, 0.6) is 0 Å². The molecule has 8 heteroatoms. The molecule has 1 aromatic carbocycles. The van der Waals surface area contributed by atoms with Crippen LogP contribution >= 0.6 is 23.2 Å². The maximum atomic E-state index is 12.3. The quantitative estimate of drug-likeness (QED) is 0.786. The van der Waals surface area contributed by atoms with Gasteiger partial charge in [-0.1, -0.05) is 29.3 Å². The lowest BCUT2D eigenvalue weighted by molar-refractivity contribution is -0.115. The van der Waals surface area contributed by atoms with Gasteiger partial charge < -0.3 is 5.32 Å². The predicted octanol–water partition coefficient (Wildman–Crippen LogP) is 3.15.